The summed E-state index contributed by atoms with van der Waals surface area (Å²) in [6.07, 6.45) is -1.44. The number of hydrogen-bond acceptors (Lipinski definition) is 2. The molecule has 0 aromatic carbocycles. The standard InChI is InChI=1S/C12H16F3N3O/c13-12(14,15)5-6-16-11(18-9-3-4-9)17-8-10-2-1-7-19-10/h1-2,7,9H,3-6,8H2,(H2,16,17,18). The normalized spacial score (nSPS) is 16.5. The van der Waals surface area contributed by atoms with Crippen molar-refractivity contribution in [1.29, 1.82) is 0 Å². The summed E-state index contributed by atoms with van der Waals surface area (Å²) in [6, 6.07) is 3.85. The van der Waals surface area contributed by atoms with E-state index in [0.29, 0.717) is 24.3 Å². The second-order valence-corrected chi connectivity index (χ2v) is 4.45. The van der Waals surface area contributed by atoms with Gasteiger partial charge in [0.2, 0.25) is 0 Å². The lowest BCUT2D eigenvalue weighted by atomic mass is 10.4. The van der Waals surface area contributed by atoms with E-state index in [4.69, 9.17) is 4.42 Å². The number of furan rings is 1. The molecule has 0 radical (unpaired) electrons. The van der Waals surface area contributed by atoms with Gasteiger partial charge in [-0.2, -0.15) is 13.2 Å². The van der Waals surface area contributed by atoms with E-state index in [2.05, 4.69) is 15.6 Å². The number of rotatable bonds is 5. The first-order chi connectivity index (χ1) is 9.03. The van der Waals surface area contributed by atoms with Gasteiger partial charge < -0.3 is 15.1 Å². The lowest BCUT2D eigenvalue weighted by Crippen LogP contribution is -2.40. The Bertz CT molecular complexity index is 410. The van der Waals surface area contributed by atoms with E-state index < -0.39 is 12.6 Å². The van der Waals surface area contributed by atoms with Gasteiger partial charge in [0.05, 0.1) is 12.7 Å². The molecule has 2 rings (SSSR count). The highest BCUT2D eigenvalue weighted by atomic mass is 19.4. The van der Waals surface area contributed by atoms with Gasteiger partial charge >= 0.3 is 6.18 Å². The molecule has 1 aliphatic rings. The summed E-state index contributed by atoms with van der Waals surface area (Å²) in [4.78, 5) is 4.20. The van der Waals surface area contributed by atoms with Gasteiger partial charge in [0.1, 0.15) is 12.3 Å². The minimum absolute atomic E-state index is 0.180. The summed E-state index contributed by atoms with van der Waals surface area (Å²) >= 11 is 0. The highest BCUT2D eigenvalue weighted by Gasteiger charge is 2.27. The van der Waals surface area contributed by atoms with E-state index >= 15 is 0 Å². The molecule has 1 aliphatic carbocycles. The van der Waals surface area contributed by atoms with Crippen LogP contribution in [0.2, 0.25) is 0 Å². The van der Waals surface area contributed by atoms with Crippen LogP contribution in [0.4, 0.5) is 13.2 Å². The zero-order chi connectivity index (χ0) is 13.7. The van der Waals surface area contributed by atoms with Crippen LogP contribution in [0.5, 0.6) is 0 Å². The molecule has 0 saturated heterocycles. The zero-order valence-electron chi connectivity index (χ0n) is 10.3. The van der Waals surface area contributed by atoms with E-state index in [0.717, 1.165) is 12.8 Å². The molecule has 1 aromatic rings. The molecule has 106 valence electrons. The summed E-state index contributed by atoms with van der Waals surface area (Å²) in [5.41, 5.74) is 0. The molecule has 0 bridgehead atoms. The van der Waals surface area contributed by atoms with Crippen LogP contribution in [0, 0.1) is 0 Å². The molecule has 4 nitrogen and oxygen atoms in total. The Balaban J connectivity index is 1.82. The summed E-state index contributed by atoms with van der Waals surface area (Å²) in [7, 11) is 0. The SMILES string of the molecule is FC(F)(F)CCNC(=NCc1ccco1)NC1CC1. The molecule has 1 fully saturated rings. The maximum Gasteiger partial charge on any atom is 0.390 e. The van der Waals surface area contributed by atoms with Crippen molar-refractivity contribution in [2.24, 2.45) is 4.99 Å². The van der Waals surface area contributed by atoms with Gasteiger partial charge in [-0.3, -0.25) is 0 Å². The fraction of sp³-hybridized carbons (Fsp3) is 0.583. The Kier molecular flexibility index (Phi) is 4.34. The molecule has 2 N–H and O–H groups in total. The highest BCUT2D eigenvalue weighted by Crippen LogP contribution is 2.19. The van der Waals surface area contributed by atoms with Gasteiger partial charge in [0, 0.05) is 12.6 Å². The van der Waals surface area contributed by atoms with Crippen molar-refractivity contribution < 1.29 is 17.6 Å². The molecule has 1 heterocycles. The molecule has 1 saturated carbocycles. The lowest BCUT2D eigenvalue weighted by Gasteiger charge is -2.12. The summed E-state index contributed by atoms with van der Waals surface area (Å²) < 4.78 is 41.3. The van der Waals surface area contributed by atoms with Crippen LogP contribution in [-0.4, -0.2) is 24.7 Å². The summed E-state index contributed by atoms with van der Waals surface area (Å²) in [5.74, 6) is 1.08. The van der Waals surface area contributed by atoms with Crippen LogP contribution in [0.25, 0.3) is 0 Å². The van der Waals surface area contributed by atoms with Crippen LogP contribution >= 0.6 is 0 Å². The molecule has 0 atom stereocenters. The third-order valence-electron chi connectivity index (χ3n) is 2.59. The summed E-state index contributed by atoms with van der Waals surface area (Å²) in [6.45, 7) is 0.126. The molecule has 0 unspecified atom stereocenters. The van der Waals surface area contributed by atoms with Crippen molar-refractivity contribution in [3.05, 3.63) is 24.2 Å². The highest BCUT2D eigenvalue weighted by molar-refractivity contribution is 5.80. The Morgan fingerprint density at radius 1 is 1.42 bits per heavy atom. The average Bonchev–Trinajstić information content (AvgIpc) is 2.98. The van der Waals surface area contributed by atoms with E-state index in [-0.39, 0.29) is 6.54 Å². The lowest BCUT2D eigenvalue weighted by molar-refractivity contribution is -0.132. The van der Waals surface area contributed by atoms with Gasteiger partial charge in [0.15, 0.2) is 5.96 Å². The second kappa shape index (κ2) is 5.99. The molecule has 1 aromatic heterocycles. The van der Waals surface area contributed by atoms with Crippen molar-refractivity contribution in [2.45, 2.75) is 38.0 Å². The Morgan fingerprint density at radius 3 is 2.79 bits per heavy atom. The molecule has 0 amide bonds. The van der Waals surface area contributed by atoms with Gasteiger partial charge in [-0.15, -0.1) is 0 Å². The van der Waals surface area contributed by atoms with Gasteiger partial charge in [-0.25, -0.2) is 4.99 Å². The van der Waals surface area contributed by atoms with Gasteiger partial charge in [-0.05, 0) is 25.0 Å². The second-order valence-electron chi connectivity index (χ2n) is 4.45. The molecule has 0 spiro atoms. The van der Waals surface area contributed by atoms with Gasteiger partial charge in [-0.1, -0.05) is 0 Å². The monoisotopic (exact) mass is 275 g/mol. The Hall–Kier alpha value is -1.66. The number of hydrogen-bond donors (Lipinski definition) is 2. The van der Waals surface area contributed by atoms with Crippen molar-refractivity contribution >= 4 is 5.96 Å². The van der Waals surface area contributed by atoms with E-state index in [9.17, 15) is 13.2 Å². The number of aliphatic imine (C=N–C) groups is 1. The molecule has 0 aliphatic heterocycles. The van der Waals surface area contributed by atoms with E-state index in [1.165, 1.54) is 6.26 Å². The maximum absolute atomic E-state index is 12.1. The van der Waals surface area contributed by atoms with Crippen molar-refractivity contribution in [3.63, 3.8) is 0 Å². The zero-order valence-corrected chi connectivity index (χ0v) is 10.3. The average molecular weight is 275 g/mol. The first kappa shape index (κ1) is 13.8. The van der Waals surface area contributed by atoms with Crippen molar-refractivity contribution in [3.8, 4) is 0 Å². The van der Waals surface area contributed by atoms with Crippen LogP contribution < -0.4 is 10.6 Å². The minimum atomic E-state index is -4.15. The smallest absolute Gasteiger partial charge is 0.390 e. The minimum Gasteiger partial charge on any atom is -0.467 e. The fourth-order valence-electron chi connectivity index (χ4n) is 1.46. The third-order valence-corrected chi connectivity index (χ3v) is 2.59. The summed E-state index contributed by atoms with van der Waals surface area (Å²) in [5, 5.41) is 5.76. The third kappa shape index (κ3) is 5.67. The fourth-order valence-corrected chi connectivity index (χ4v) is 1.46. The van der Waals surface area contributed by atoms with E-state index in [1.54, 1.807) is 12.1 Å². The van der Waals surface area contributed by atoms with Crippen LogP contribution in [0.1, 0.15) is 25.0 Å². The number of alkyl halides is 3. The predicted molar refractivity (Wildman–Crippen MR) is 64.7 cm³/mol. The predicted octanol–water partition coefficient (Wildman–Crippen LogP) is 2.43. The number of guanidine groups is 1. The van der Waals surface area contributed by atoms with Crippen LogP contribution in [0.3, 0.4) is 0 Å². The molecule has 7 heteroatoms. The first-order valence-electron chi connectivity index (χ1n) is 6.17. The Morgan fingerprint density at radius 2 is 2.21 bits per heavy atom. The molecule has 19 heavy (non-hydrogen) atoms. The number of nitrogens with one attached hydrogen (secondary N) is 2. The number of halogens is 3. The Labute approximate surface area is 109 Å². The van der Waals surface area contributed by atoms with Crippen LogP contribution in [-0.2, 0) is 6.54 Å². The number of nitrogens with zero attached hydrogens (tertiary/aromatic N) is 1. The van der Waals surface area contributed by atoms with Gasteiger partial charge in [0.25, 0.3) is 0 Å². The topological polar surface area (TPSA) is 49.6 Å². The van der Waals surface area contributed by atoms with E-state index in [1.807, 2.05) is 0 Å². The first-order valence-corrected chi connectivity index (χ1v) is 6.17. The maximum atomic E-state index is 12.1. The molecular weight excluding hydrogens is 259 g/mol. The van der Waals surface area contributed by atoms with Crippen molar-refractivity contribution in [2.75, 3.05) is 6.54 Å². The largest absolute Gasteiger partial charge is 0.467 e. The van der Waals surface area contributed by atoms with Crippen LogP contribution in [0.15, 0.2) is 27.8 Å². The quantitative estimate of drug-likeness (QED) is 0.641. The van der Waals surface area contributed by atoms with Crippen molar-refractivity contribution in [1.82, 2.24) is 10.6 Å². The molecular formula is C12H16F3N3O.